The Hall–Kier alpha value is -1.80. The summed E-state index contributed by atoms with van der Waals surface area (Å²) in [6.07, 6.45) is 3.26. The maximum Gasteiger partial charge on any atom is 0.229 e. The van der Waals surface area contributed by atoms with Crippen LogP contribution in [-0.2, 0) is 14.8 Å². The van der Waals surface area contributed by atoms with Crippen molar-refractivity contribution in [3.63, 3.8) is 0 Å². The van der Waals surface area contributed by atoms with E-state index in [1.54, 1.807) is 18.2 Å². The molecule has 122 valence electrons. The molecule has 0 bridgehead atoms. The first-order valence-electron chi connectivity index (χ1n) is 7.01. The zero-order chi connectivity index (χ0) is 16.3. The van der Waals surface area contributed by atoms with Gasteiger partial charge in [0, 0.05) is 18.0 Å². The molecule has 1 aliphatic rings. The van der Waals surface area contributed by atoms with Crippen LogP contribution >= 0.6 is 0 Å². The molecule has 1 amide bonds. The normalized spacial score (nSPS) is 21.4. The van der Waals surface area contributed by atoms with E-state index in [1.165, 1.54) is 7.11 Å². The van der Waals surface area contributed by atoms with Gasteiger partial charge in [-0.3, -0.25) is 9.52 Å². The van der Waals surface area contributed by atoms with Gasteiger partial charge < -0.3 is 15.8 Å². The molecule has 8 heteroatoms. The minimum absolute atomic E-state index is 0.0506. The topological polar surface area (TPSA) is 111 Å². The summed E-state index contributed by atoms with van der Waals surface area (Å²) in [5.74, 6) is 0.225. The van der Waals surface area contributed by atoms with Gasteiger partial charge in [0.15, 0.2) is 0 Å². The van der Waals surface area contributed by atoms with Crippen LogP contribution in [0.5, 0.6) is 5.75 Å². The van der Waals surface area contributed by atoms with E-state index in [1.807, 2.05) is 0 Å². The molecule has 0 aliphatic heterocycles. The Morgan fingerprint density at radius 1 is 1.32 bits per heavy atom. The lowest BCUT2D eigenvalue weighted by Crippen LogP contribution is -2.24. The number of ether oxygens (including phenoxy) is 1. The molecule has 0 radical (unpaired) electrons. The molecule has 1 fully saturated rings. The van der Waals surface area contributed by atoms with E-state index >= 15 is 0 Å². The molecule has 1 saturated carbocycles. The van der Waals surface area contributed by atoms with Crippen molar-refractivity contribution in [2.24, 2.45) is 11.7 Å². The third-order valence-electron chi connectivity index (χ3n) is 3.62. The van der Waals surface area contributed by atoms with Gasteiger partial charge in [-0.05, 0) is 31.4 Å². The van der Waals surface area contributed by atoms with Crippen LogP contribution in [0, 0.1) is 5.92 Å². The molecule has 0 aromatic heterocycles. The standard InChI is InChI=1S/C14H21N3O4S/c1-21-11-5-6-12(17-22(2,19)20)13(8-11)16-14(18)9-3-4-10(15)7-9/h5-6,8-10,17H,3-4,7,15H2,1-2H3,(H,16,18)/t9-,10+/m0/s1. The highest BCUT2D eigenvalue weighted by Gasteiger charge is 2.28. The molecule has 0 unspecified atom stereocenters. The van der Waals surface area contributed by atoms with Gasteiger partial charge in [-0.1, -0.05) is 0 Å². The highest BCUT2D eigenvalue weighted by molar-refractivity contribution is 7.92. The maximum absolute atomic E-state index is 12.3. The van der Waals surface area contributed by atoms with E-state index in [2.05, 4.69) is 10.0 Å². The number of carbonyl (C=O) groups excluding carboxylic acids is 1. The number of nitrogens with one attached hydrogen (secondary N) is 2. The Labute approximate surface area is 130 Å². The predicted octanol–water partition coefficient (Wildman–Crippen LogP) is 1.13. The van der Waals surface area contributed by atoms with Gasteiger partial charge in [0.1, 0.15) is 5.75 Å². The number of rotatable bonds is 5. The highest BCUT2D eigenvalue weighted by atomic mass is 32.2. The molecule has 4 N–H and O–H groups in total. The van der Waals surface area contributed by atoms with Crippen molar-refractivity contribution in [2.45, 2.75) is 25.3 Å². The van der Waals surface area contributed by atoms with E-state index in [4.69, 9.17) is 10.5 Å². The fourth-order valence-corrected chi connectivity index (χ4v) is 3.11. The van der Waals surface area contributed by atoms with Crippen LogP contribution in [0.3, 0.4) is 0 Å². The number of nitrogens with two attached hydrogens (primary N) is 1. The number of hydrogen-bond donors (Lipinski definition) is 3. The van der Waals surface area contributed by atoms with E-state index in [9.17, 15) is 13.2 Å². The van der Waals surface area contributed by atoms with Gasteiger partial charge in [0.2, 0.25) is 15.9 Å². The molecule has 1 aromatic rings. The molecule has 0 spiro atoms. The van der Waals surface area contributed by atoms with Gasteiger partial charge in [-0.15, -0.1) is 0 Å². The molecule has 22 heavy (non-hydrogen) atoms. The Morgan fingerprint density at radius 2 is 2.05 bits per heavy atom. The predicted molar refractivity (Wildman–Crippen MR) is 85.4 cm³/mol. The quantitative estimate of drug-likeness (QED) is 0.751. The van der Waals surface area contributed by atoms with Gasteiger partial charge in [-0.2, -0.15) is 0 Å². The first-order valence-corrected chi connectivity index (χ1v) is 8.90. The van der Waals surface area contributed by atoms with E-state index in [0.717, 1.165) is 19.1 Å². The molecule has 2 atom stereocenters. The summed E-state index contributed by atoms with van der Waals surface area (Å²) in [7, 11) is -1.94. The molecule has 1 aromatic carbocycles. The lowest BCUT2D eigenvalue weighted by Gasteiger charge is -2.16. The smallest absolute Gasteiger partial charge is 0.229 e. The summed E-state index contributed by atoms with van der Waals surface area (Å²) in [6, 6.07) is 4.81. The average molecular weight is 327 g/mol. The van der Waals surface area contributed by atoms with Gasteiger partial charge in [0.05, 0.1) is 24.7 Å². The van der Waals surface area contributed by atoms with Crippen LogP contribution in [0.1, 0.15) is 19.3 Å². The monoisotopic (exact) mass is 327 g/mol. The van der Waals surface area contributed by atoms with Crippen LogP contribution < -0.4 is 20.5 Å². The van der Waals surface area contributed by atoms with E-state index in [-0.39, 0.29) is 17.9 Å². The van der Waals surface area contributed by atoms with Crippen molar-refractivity contribution in [2.75, 3.05) is 23.4 Å². The molecule has 7 nitrogen and oxygen atoms in total. The van der Waals surface area contributed by atoms with Gasteiger partial charge >= 0.3 is 0 Å². The molecule has 2 rings (SSSR count). The average Bonchev–Trinajstić information content (AvgIpc) is 2.86. The summed E-state index contributed by atoms with van der Waals surface area (Å²) in [5, 5.41) is 2.77. The van der Waals surface area contributed by atoms with Crippen molar-refractivity contribution in [1.29, 1.82) is 0 Å². The Morgan fingerprint density at radius 3 is 2.59 bits per heavy atom. The fourth-order valence-electron chi connectivity index (χ4n) is 2.53. The summed E-state index contributed by atoms with van der Waals surface area (Å²) in [5.41, 5.74) is 6.50. The summed E-state index contributed by atoms with van der Waals surface area (Å²) in [6.45, 7) is 0. The van der Waals surface area contributed by atoms with Crippen LogP contribution in [-0.4, -0.2) is 33.7 Å². The summed E-state index contributed by atoms with van der Waals surface area (Å²) in [4.78, 5) is 12.3. The van der Waals surface area contributed by atoms with Gasteiger partial charge in [-0.25, -0.2) is 8.42 Å². The molecule has 1 aliphatic carbocycles. The summed E-state index contributed by atoms with van der Waals surface area (Å²) >= 11 is 0. The number of benzene rings is 1. The Bertz CT molecular complexity index is 660. The molecule has 0 saturated heterocycles. The minimum Gasteiger partial charge on any atom is -0.497 e. The maximum atomic E-state index is 12.3. The van der Waals surface area contributed by atoms with Crippen molar-refractivity contribution in [1.82, 2.24) is 0 Å². The number of methoxy groups -OCH3 is 1. The van der Waals surface area contributed by atoms with Crippen LogP contribution in [0.4, 0.5) is 11.4 Å². The van der Waals surface area contributed by atoms with Crippen molar-refractivity contribution in [3.05, 3.63) is 18.2 Å². The number of sulfonamides is 1. The first kappa shape index (κ1) is 16.6. The third-order valence-corrected chi connectivity index (χ3v) is 4.21. The fraction of sp³-hybridized carbons (Fsp3) is 0.500. The minimum atomic E-state index is -3.44. The number of hydrogen-bond acceptors (Lipinski definition) is 5. The van der Waals surface area contributed by atoms with Gasteiger partial charge in [0.25, 0.3) is 0 Å². The second kappa shape index (κ2) is 6.53. The second-order valence-corrected chi connectivity index (χ2v) is 7.29. The molecule has 0 heterocycles. The third kappa shape index (κ3) is 4.35. The first-order chi connectivity index (χ1) is 10.3. The lowest BCUT2D eigenvalue weighted by atomic mass is 10.1. The Balaban J connectivity index is 2.21. The van der Waals surface area contributed by atoms with Crippen molar-refractivity contribution < 1.29 is 17.9 Å². The number of carbonyl (C=O) groups is 1. The number of anilines is 2. The summed E-state index contributed by atoms with van der Waals surface area (Å²) < 4.78 is 30.3. The van der Waals surface area contributed by atoms with Crippen molar-refractivity contribution in [3.8, 4) is 5.75 Å². The SMILES string of the molecule is COc1ccc(NS(C)(=O)=O)c(NC(=O)[C@H]2CC[C@@H](N)C2)c1. The van der Waals surface area contributed by atoms with E-state index < -0.39 is 10.0 Å². The zero-order valence-electron chi connectivity index (χ0n) is 12.6. The number of amides is 1. The highest BCUT2D eigenvalue weighted by Crippen LogP contribution is 2.30. The largest absolute Gasteiger partial charge is 0.497 e. The van der Waals surface area contributed by atoms with E-state index in [0.29, 0.717) is 23.5 Å². The second-order valence-electron chi connectivity index (χ2n) is 5.55. The Kier molecular flexibility index (Phi) is 4.92. The molecular formula is C14H21N3O4S. The van der Waals surface area contributed by atoms with Crippen LogP contribution in [0.2, 0.25) is 0 Å². The van der Waals surface area contributed by atoms with Crippen LogP contribution in [0.25, 0.3) is 0 Å². The zero-order valence-corrected chi connectivity index (χ0v) is 13.4. The molecular weight excluding hydrogens is 306 g/mol. The van der Waals surface area contributed by atoms with Crippen molar-refractivity contribution >= 4 is 27.3 Å². The lowest BCUT2D eigenvalue weighted by molar-refractivity contribution is -0.119. The van der Waals surface area contributed by atoms with Crippen LogP contribution in [0.15, 0.2) is 18.2 Å².